The van der Waals surface area contributed by atoms with Gasteiger partial charge in [-0.1, -0.05) is 23.7 Å². The molecule has 0 saturated heterocycles. The van der Waals surface area contributed by atoms with Gasteiger partial charge in [-0.05, 0) is 49.4 Å². The van der Waals surface area contributed by atoms with E-state index in [4.69, 9.17) is 23.2 Å². The molecule has 1 nitrogen and oxygen atoms in total. The Hall–Kier alpha value is -0.790. The highest BCUT2D eigenvalue weighted by Crippen LogP contribution is 2.25. The zero-order chi connectivity index (χ0) is 12.4. The van der Waals surface area contributed by atoms with Crippen molar-refractivity contribution in [2.75, 3.05) is 5.88 Å². The lowest BCUT2D eigenvalue weighted by Gasteiger charge is -2.09. The standard InChI is InChI=1S/C14H15Cl2N/c1-9-5-6-11-8-12(4-3-7-15)14(16)17-13(11)10(9)2/h5-6,8H,3-4,7H2,1-2H3. The van der Waals surface area contributed by atoms with Crippen LogP contribution in [0.5, 0.6) is 0 Å². The molecule has 17 heavy (non-hydrogen) atoms. The normalized spacial score (nSPS) is 11.1. The topological polar surface area (TPSA) is 12.9 Å². The summed E-state index contributed by atoms with van der Waals surface area (Å²) in [6, 6.07) is 6.35. The number of alkyl halides is 1. The maximum absolute atomic E-state index is 6.21. The first-order valence-electron chi connectivity index (χ1n) is 5.75. The summed E-state index contributed by atoms with van der Waals surface area (Å²) in [7, 11) is 0. The maximum Gasteiger partial charge on any atom is 0.132 e. The van der Waals surface area contributed by atoms with Crippen LogP contribution in [0.3, 0.4) is 0 Å². The molecule has 0 amide bonds. The number of fused-ring (bicyclic) bond motifs is 1. The molecule has 2 aromatic rings. The Morgan fingerprint density at radius 1 is 1.24 bits per heavy atom. The van der Waals surface area contributed by atoms with Gasteiger partial charge >= 0.3 is 0 Å². The third-order valence-electron chi connectivity index (χ3n) is 3.12. The number of aryl methyl sites for hydroxylation is 3. The van der Waals surface area contributed by atoms with E-state index >= 15 is 0 Å². The molecule has 3 heteroatoms. The summed E-state index contributed by atoms with van der Waals surface area (Å²) in [5, 5.41) is 1.76. The average Bonchev–Trinajstić information content (AvgIpc) is 2.32. The molecule has 0 unspecified atom stereocenters. The molecule has 0 spiro atoms. The Balaban J connectivity index is 2.54. The van der Waals surface area contributed by atoms with Gasteiger partial charge in [0.25, 0.3) is 0 Å². The van der Waals surface area contributed by atoms with Crippen LogP contribution in [0.4, 0.5) is 0 Å². The van der Waals surface area contributed by atoms with Crippen molar-refractivity contribution in [3.05, 3.63) is 40.0 Å². The summed E-state index contributed by atoms with van der Waals surface area (Å²) in [5.41, 5.74) is 4.54. The van der Waals surface area contributed by atoms with E-state index in [1.54, 1.807) is 0 Å². The number of halogens is 2. The minimum atomic E-state index is 0.608. The zero-order valence-electron chi connectivity index (χ0n) is 10.1. The van der Waals surface area contributed by atoms with Crippen molar-refractivity contribution in [1.29, 1.82) is 0 Å². The summed E-state index contributed by atoms with van der Waals surface area (Å²) in [6.45, 7) is 4.17. The number of hydrogen-bond donors (Lipinski definition) is 0. The molecular weight excluding hydrogens is 253 g/mol. The molecular formula is C14H15Cl2N. The average molecular weight is 268 g/mol. The highest BCUT2D eigenvalue weighted by atomic mass is 35.5. The van der Waals surface area contributed by atoms with Crippen molar-refractivity contribution < 1.29 is 0 Å². The van der Waals surface area contributed by atoms with Gasteiger partial charge in [-0.15, -0.1) is 11.6 Å². The van der Waals surface area contributed by atoms with Gasteiger partial charge in [-0.25, -0.2) is 4.98 Å². The number of pyridine rings is 1. The van der Waals surface area contributed by atoms with Crippen LogP contribution in [0.15, 0.2) is 18.2 Å². The van der Waals surface area contributed by atoms with Crippen molar-refractivity contribution in [2.45, 2.75) is 26.7 Å². The minimum Gasteiger partial charge on any atom is -0.236 e. The first-order chi connectivity index (χ1) is 8.13. The highest BCUT2D eigenvalue weighted by molar-refractivity contribution is 6.30. The highest BCUT2D eigenvalue weighted by Gasteiger charge is 2.07. The molecule has 0 aliphatic heterocycles. The maximum atomic E-state index is 6.21. The minimum absolute atomic E-state index is 0.608. The van der Waals surface area contributed by atoms with Crippen molar-refractivity contribution in [2.24, 2.45) is 0 Å². The molecule has 90 valence electrons. The van der Waals surface area contributed by atoms with Gasteiger partial charge in [0.1, 0.15) is 5.15 Å². The Bertz CT molecular complexity index is 549. The number of rotatable bonds is 3. The number of benzene rings is 1. The second-order valence-electron chi connectivity index (χ2n) is 4.31. The van der Waals surface area contributed by atoms with Gasteiger partial charge in [-0.2, -0.15) is 0 Å². The summed E-state index contributed by atoms with van der Waals surface area (Å²) >= 11 is 11.9. The second-order valence-corrected chi connectivity index (χ2v) is 5.05. The van der Waals surface area contributed by atoms with Crippen LogP contribution < -0.4 is 0 Å². The van der Waals surface area contributed by atoms with Gasteiger partial charge in [0, 0.05) is 11.3 Å². The molecule has 0 atom stereocenters. The van der Waals surface area contributed by atoms with Crippen molar-refractivity contribution >= 4 is 34.1 Å². The molecule has 0 N–H and O–H groups in total. The predicted octanol–water partition coefficient (Wildman–Crippen LogP) is 4.68. The van der Waals surface area contributed by atoms with E-state index in [-0.39, 0.29) is 0 Å². The number of hydrogen-bond acceptors (Lipinski definition) is 1. The molecule has 1 aromatic carbocycles. The summed E-state index contributed by atoms with van der Waals surface area (Å²) in [5.74, 6) is 0.654. The van der Waals surface area contributed by atoms with Crippen LogP contribution in [0.2, 0.25) is 5.15 Å². The van der Waals surface area contributed by atoms with Gasteiger partial charge < -0.3 is 0 Å². The molecule has 2 rings (SSSR count). The molecule has 0 bridgehead atoms. The first-order valence-corrected chi connectivity index (χ1v) is 6.66. The predicted molar refractivity (Wildman–Crippen MR) is 75.3 cm³/mol. The van der Waals surface area contributed by atoms with Crippen LogP contribution in [0, 0.1) is 13.8 Å². The third-order valence-corrected chi connectivity index (χ3v) is 3.71. The van der Waals surface area contributed by atoms with Gasteiger partial charge in [0.15, 0.2) is 0 Å². The van der Waals surface area contributed by atoms with E-state index in [2.05, 4.69) is 37.0 Å². The van der Waals surface area contributed by atoms with E-state index in [1.165, 1.54) is 11.1 Å². The first kappa shape index (κ1) is 12.7. The van der Waals surface area contributed by atoms with Crippen LogP contribution in [-0.4, -0.2) is 10.9 Å². The number of aromatic nitrogens is 1. The quantitative estimate of drug-likeness (QED) is 0.582. The van der Waals surface area contributed by atoms with Gasteiger partial charge in [0.2, 0.25) is 0 Å². The molecule has 0 aliphatic rings. The van der Waals surface area contributed by atoms with Crippen LogP contribution in [-0.2, 0) is 6.42 Å². The van der Waals surface area contributed by atoms with E-state index in [0.717, 1.165) is 29.3 Å². The van der Waals surface area contributed by atoms with E-state index in [0.29, 0.717) is 11.0 Å². The smallest absolute Gasteiger partial charge is 0.132 e. The van der Waals surface area contributed by atoms with Gasteiger partial charge in [0.05, 0.1) is 5.52 Å². The van der Waals surface area contributed by atoms with Crippen LogP contribution in [0.1, 0.15) is 23.1 Å². The van der Waals surface area contributed by atoms with E-state index in [9.17, 15) is 0 Å². The zero-order valence-corrected chi connectivity index (χ0v) is 11.6. The van der Waals surface area contributed by atoms with Crippen LogP contribution >= 0.6 is 23.2 Å². The monoisotopic (exact) mass is 267 g/mol. The third kappa shape index (κ3) is 2.56. The van der Waals surface area contributed by atoms with Crippen molar-refractivity contribution in [3.8, 4) is 0 Å². The fraction of sp³-hybridized carbons (Fsp3) is 0.357. The Morgan fingerprint density at radius 3 is 2.71 bits per heavy atom. The van der Waals surface area contributed by atoms with Gasteiger partial charge in [-0.3, -0.25) is 0 Å². The summed E-state index contributed by atoms with van der Waals surface area (Å²) in [4.78, 5) is 4.51. The van der Waals surface area contributed by atoms with E-state index in [1.807, 2.05) is 0 Å². The lowest BCUT2D eigenvalue weighted by molar-refractivity contribution is 0.924. The summed E-state index contributed by atoms with van der Waals surface area (Å²) < 4.78 is 0. The lowest BCUT2D eigenvalue weighted by atomic mass is 10.0. The lowest BCUT2D eigenvalue weighted by Crippen LogP contribution is -1.94. The Labute approximate surface area is 112 Å². The SMILES string of the molecule is Cc1ccc2cc(CCCCl)c(Cl)nc2c1C. The fourth-order valence-electron chi connectivity index (χ4n) is 1.94. The molecule has 1 heterocycles. The summed E-state index contributed by atoms with van der Waals surface area (Å²) in [6.07, 6.45) is 1.82. The Morgan fingerprint density at radius 2 is 2.00 bits per heavy atom. The molecule has 0 fully saturated rings. The van der Waals surface area contributed by atoms with Crippen molar-refractivity contribution in [3.63, 3.8) is 0 Å². The van der Waals surface area contributed by atoms with E-state index < -0.39 is 0 Å². The van der Waals surface area contributed by atoms with Crippen LogP contribution in [0.25, 0.3) is 10.9 Å². The molecule has 0 aliphatic carbocycles. The Kier molecular flexibility index (Phi) is 3.90. The molecule has 0 radical (unpaired) electrons. The molecule has 1 aromatic heterocycles. The second kappa shape index (κ2) is 5.24. The molecule has 0 saturated carbocycles. The number of nitrogens with zero attached hydrogens (tertiary/aromatic N) is 1. The largest absolute Gasteiger partial charge is 0.236 e. The fourth-order valence-corrected chi connectivity index (χ4v) is 2.30. The van der Waals surface area contributed by atoms with Crippen molar-refractivity contribution in [1.82, 2.24) is 4.98 Å².